The van der Waals surface area contributed by atoms with Crippen molar-refractivity contribution < 1.29 is 14.3 Å². The van der Waals surface area contributed by atoms with E-state index in [-0.39, 0.29) is 23.5 Å². The van der Waals surface area contributed by atoms with E-state index in [0.29, 0.717) is 24.3 Å². The third-order valence-corrected chi connectivity index (χ3v) is 6.37. The molecular formula is C17H26N2O3S2. The van der Waals surface area contributed by atoms with Gasteiger partial charge in [0.05, 0.1) is 24.0 Å². The fourth-order valence-electron chi connectivity index (χ4n) is 2.82. The molecule has 1 aromatic rings. The quantitative estimate of drug-likeness (QED) is 0.588. The fraction of sp³-hybridized carbons (Fsp3) is 0.706. The third kappa shape index (κ3) is 5.77. The van der Waals surface area contributed by atoms with E-state index in [0.717, 1.165) is 10.8 Å². The largest absolute Gasteiger partial charge is 0.466 e. The van der Waals surface area contributed by atoms with Gasteiger partial charge in [-0.3, -0.25) is 9.59 Å². The summed E-state index contributed by atoms with van der Waals surface area (Å²) in [4.78, 5) is 28.3. The van der Waals surface area contributed by atoms with E-state index >= 15 is 0 Å². The molecular weight excluding hydrogens is 344 g/mol. The number of rotatable bonds is 7. The van der Waals surface area contributed by atoms with E-state index < -0.39 is 0 Å². The number of esters is 1. The summed E-state index contributed by atoms with van der Waals surface area (Å²) in [5, 5.41) is 4.85. The van der Waals surface area contributed by atoms with Crippen LogP contribution < -0.4 is 5.32 Å². The number of nitrogens with zero attached hydrogens (tertiary/aromatic N) is 1. The van der Waals surface area contributed by atoms with Crippen LogP contribution in [-0.2, 0) is 20.7 Å². The maximum atomic E-state index is 12.4. The second-order valence-corrected chi connectivity index (χ2v) is 8.67. The van der Waals surface area contributed by atoms with Gasteiger partial charge < -0.3 is 10.1 Å². The second kappa shape index (κ2) is 9.42. The molecule has 134 valence electrons. The summed E-state index contributed by atoms with van der Waals surface area (Å²) in [7, 11) is 0. The Hall–Kier alpha value is -1.08. The Morgan fingerprint density at radius 1 is 1.46 bits per heavy atom. The topological polar surface area (TPSA) is 68.3 Å². The Kier molecular flexibility index (Phi) is 7.55. The standard InChI is InChI=1S/C17H26N2O3S2/c1-4-22-15(20)9-13-10-23-17(18-13)24-12(3)16(21)19-14-8-6-5-7-11(14)2/h10-12,14H,4-9H2,1-3H3,(H,19,21)/t11-,12-,14+/m1/s1. The Morgan fingerprint density at radius 2 is 2.21 bits per heavy atom. The Labute approximate surface area is 152 Å². The summed E-state index contributed by atoms with van der Waals surface area (Å²) in [5.41, 5.74) is 0.703. The monoisotopic (exact) mass is 370 g/mol. The highest BCUT2D eigenvalue weighted by molar-refractivity contribution is 8.02. The molecule has 3 atom stereocenters. The van der Waals surface area contributed by atoms with Crippen molar-refractivity contribution in [2.75, 3.05) is 6.61 Å². The first-order chi connectivity index (χ1) is 11.5. The fourth-order valence-corrected chi connectivity index (χ4v) is 4.81. The molecule has 1 aliphatic rings. The van der Waals surface area contributed by atoms with E-state index in [1.165, 1.54) is 42.4 Å². The van der Waals surface area contributed by atoms with Crippen molar-refractivity contribution in [1.29, 1.82) is 0 Å². The van der Waals surface area contributed by atoms with Crippen molar-refractivity contribution in [2.45, 2.75) is 68.5 Å². The van der Waals surface area contributed by atoms with Gasteiger partial charge in [0.15, 0.2) is 4.34 Å². The van der Waals surface area contributed by atoms with Gasteiger partial charge in [0.2, 0.25) is 5.91 Å². The van der Waals surface area contributed by atoms with Crippen LogP contribution in [0.5, 0.6) is 0 Å². The molecule has 1 fully saturated rings. The van der Waals surface area contributed by atoms with Gasteiger partial charge in [-0.05, 0) is 32.6 Å². The maximum Gasteiger partial charge on any atom is 0.311 e. The van der Waals surface area contributed by atoms with Crippen molar-refractivity contribution in [2.24, 2.45) is 5.92 Å². The zero-order chi connectivity index (χ0) is 17.5. The summed E-state index contributed by atoms with van der Waals surface area (Å²) in [6, 6.07) is 0.296. The number of hydrogen-bond acceptors (Lipinski definition) is 6. The average Bonchev–Trinajstić information content (AvgIpc) is 2.96. The SMILES string of the molecule is CCOC(=O)Cc1csc(S[C@H](C)C(=O)N[C@H]2CCCC[C@H]2C)n1. The van der Waals surface area contributed by atoms with Gasteiger partial charge in [0, 0.05) is 11.4 Å². The lowest BCUT2D eigenvalue weighted by molar-refractivity contribution is -0.142. The highest BCUT2D eigenvalue weighted by Crippen LogP contribution is 2.28. The van der Waals surface area contributed by atoms with E-state index in [1.807, 2.05) is 12.3 Å². The predicted molar refractivity (Wildman–Crippen MR) is 97.3 cm³/mol. The zero-order valence-electron chi connectivity index (χ0n) is 14.5. The first kappa shape index (κ1) is 19.2. The Bertz CT molecular complexity index is 562. The van der Waals surface area contributed by atoms with E-state index in [2.05, 4.69) is 17.2 Å². The summed E-state index contributed by atoms with van der Waals surface area (Å²) < 4.78 is 5.74. The molecule has 0 aromatic carbocycles. The molecule has 0 bridgehead atoms. The van der Waals surface area contributed by atoms with Gasteiger partial charge in [0.25, 0.3) is 0 Å². The van der Waals surface area contributed by atoms with Crippen LogP contribution in [0.4, 0.5) is 0 Å². The van der Waals surface area contributed by atoms with Gasteiger partial charge in [0.1, 0.15) is 0 Å². The lowest BCUT2D eigenvalue weighted by Gasteiger charge is -2.30. The number of carbonyl (C=O) groups excluding carboxylic acids is 2. The minimum absolute atomic E-state index is 0.0703. The molecule has 5 nitrogen and oxygen atoms in total. The molecule has 24 heavy (non-hydrogen) atoms. The van der Waals surface area contributed by atoms with Crippen LogP contribution in [0, 0.1) is 5.92 Å². The lowest BCUT2D eigenvalue weighted by atomic mass is 9.86. The first-order valence-corrected chi connectivity index (χ1v) is 10.3. The minimum atomic E-state index is -0.267. The van der Waals surface area contributed by atoms with Crippen molar-refractivity contribution in [3.63, 3.8) is 0 Å². The van der Waals surface area contributed by atoms with Gasteiger partial charge in [-0.25, -0.2) is 4.98 Å². The van der Waals surface area contributed by atoms with E-state index in [1.54, 1.807) is 6.92 Å². The van der Waals surface area contributed by atoms with Crippen LogP contribution in [0.2, 0.25) is 0 Å². The predicted octanol–water partition coefficient (Wildman–Crippen LogP) is 3.42. The third-order valence-electron chi connectivity index (χ3n) is 4.25. The normalized spacial score (nSPS) is 22.0. The molecule has 0 saturated heterocycles. The van der Waals surface area contributed by atoms with Crippen molar-refractivity contribution in [3.05, 3.63) is 11.1 Å². The van der Waals surface area contributed by atoms with Crippen molar-refractivity contribution in [1.82, 2.24) is 10.3 Å². The first-order valence-electron chi connectivity index (χ1n) is 8.56. The molecule has 0 radical (unpaired) electrons. The molecule has 0 aliphatic heterocycles. The number of hydrogen-bond donors (Lipinski definition) is 1. The Morgan fingerprint density at radius 3 is 2.92 bits per heavy atom. The van der Waals surface area contributed by atoms with Crippen LogP contribution in [0.3, 0.4) is 0 Å². The molecule has 1 saturated carbocycles. The summed E-state index contributed by atoms with van der Waals surface area (Å²) in [5.74, 6) is 0.355. The maximum absolute atomic E-state index is 12.4. The highest BCUT2D eigenvalue weighted by Gasteiger charge is 2.25. The number of nitrogens with one attached hydrogen (secondary N) is 1. The number of carbonyl (C=O) groups is 2. The second-order valence-electron chi connectivity index (χ2n) is 6.22. The number of amides is 1. The van der Waals surface area contributed by atoms with Crippen LogP contribution in [-0.4, -0.2) is 34.8 Å². The van der Waals surface area contributed by atoms with Gasteiger partial charge in [-0.2, -0.15) is 0 Å². The average molecular weight is 371 g/mol. The molecule has 7 heteroatoms. The van der Waals surface area contributed by atoms with Gasteiger partial charge in [-0.15, -0.1) is 11.3 Å². The number of thiazole rings is 1. The molecule has 2 rings (SSSR count). The summed E-state index contributed by atoms with van der Waals surface area (Å²) in [6.07, 6.45) is 4.91. The zero-order valence-corrected chi connectivity index (χ0v) is 16.2. The van der Waals surface area contributed by atoms with Crippen LogP contribution >= 0.6 is 23.1 Å². The minimum Gasteiger partial charge on any atom is -0.466 e. The molecule has 1 aromatic heterocycles. The highest BCUT2D eigenvalue weighted by atomic mass is 32.2. The number of thioether (sulfide) groups is 1. The van der Waals surface area contributed by atoms with Crippen LogP contribution in [0.25, 0.3) is 0 Å². The van der Waals surface area contributed by atoms with Crippen molar-refractivity contribution >= 4 is 35.0 Å². The van der Waals surface area contributed by atoms with Gasteiger partial charge >= 0.3 is 5.97 Å². The molecule has 1 amide bonds. The summed E-state index contributed by atoms with van der Waals surface area (Å²) >= 11 is 2.91. The molecule has 1 aliphatic carbocycles. The van der Waals surface area contributed by atoms with Crippen LogP contribution in [0.1, 0.15) is 52.1 Å². The molecule has 1 heterocycles. The molecule has 0 unspecified atom stereocenters. The van der Waals surface area contributed by atoms with E-state index in [9.17, 15) is 9.59 Å². The molecule has 1 N–H and O–H groups in total. The van der Waals surface area contributed by atoms with E-state index in [4.69, 9.17) is 4.74 Å². The van der Waals surface area contributed by atoms with Crippen molar-refractivity contribution in [3.8, 4) is 0 Å². The number of ether oxygens (including phenoxy) is 1. The lowest BCUT2D eigenvalue weighted by Crippen LogP contribution is -2.44. The number of aromatic nitrogens is 1. The summed E-state index contributed by atoms with van der Waals surface area (Å²) in [6.45, 7) is 6.28. The smallest absolute Gasteiger partial charge is 0.311 e. The Balaban J connectivity index is 1.82. The van der Waals surface area contributed by atoms with Crippen LogP contribution in [0.15, 0.2) is 9.72 Å². The van der Waals surface area contributed by atoms with Gasteiger partial charge in [-0.1, -0.05) is 31.5 Å². The molecule has 0 spiro atoms.